The van der Waals surface area contributed by atoms with Crippen LogP contribution in [0, 0.1) is 5.92 Å². The molecule has 0 aliphatic carbocycles. The Morgan fingerprint density at radius 1 is 0.973 bits per heavy atom. The molecule has 204 valence electrons. The molecule has 3 heterocycles. The highest BCUT2D eigenvalue weighted by atomic mass is 35.5. The van der Waals surface area contributed by atoms with Crippen molar-refractivity contribution < 1.29 is 9.26 Å². The summed E-state index contributed by atoms with van der Waals surface area (Å²) in [5, 5.41) is 6.54. The van der Waals surface area contributed by atoms with E-state index in [1.807, 2.05) is 12.1 Å². The number of halogens is 3. The number of aryl methyl sites for hydroxylation is 1. The van der Waals surface area contributed by atoms with E-state index < -0.39 is 0 Å². The molecule has 0 saturated carbocycles. The van der Waals surface area contributed by atoms with Crippen LogP contribution >= 0.6 is 36.4 Å². The van der Waals surface area contributed by atoms with E-state index in [4.69, 9.17) is 20.9 Å². The lowest BCUT2D eigenvalue weighted by atomic mass is 9.91. The van der Waals surface area contributed by atoms with E-state index in [0.717, 1.165) is 81.1 Å². The van der Waals surface area contributed by atoms with Gasteiger partial charge in [-0.25, -0.2) is 0 Å². The fourth-order valence-electron chi connectivity index (χ4n) is 5.47. The maximum absolute atomic E-state index is 6.03. The Hall–Kier alpha value is -1.54. The standard InChI is InChI=1S/C28H37ClN4O2.2ClH/c1-31(2)20-25-27(33-15-17-34-18-16-33)10-8-24-26(30-35-28(24)25)9-5-21-11-13-32(14-12-21)19-22-3-6-23(29)7-4-22;;/h3-4,6-8,10,21H,5,9,11-20H2,1-2H3;2*1H. The molecule has 2 aromatic carbocycles. The number of likely N-dealkylation sites (tertiary alicyclic amines) is 1. The molecular formula is C28H39Cl3N4O2. The molecule has 3 aromatic rings. The van der Waals surface area contributed by atoms with E-state index >= 15 is 0 Å². The lowest BCUT2D eigenvalue weighted by Gasteiger charge is -2.32. The zero-order valence-corrected chi connectivity index (χ0v) is 24.2. The van der Waals surface area contributed by atoms with Gasteiger partial charge >= 0.3 is 0 Å². The van der Waals surface area contributed by atoms with Gasteiger partial charge in [0.2, 0.25) is 0 Å². The Balaban J connectivity index is 0.00000190. The summed E-state index contributed by atoms with van der Waals surface area (Å²) < 4.78 is 11.6. The first-order valence-electron chi connectivity index (χ1n) is 12.9. The maximum atomic E-state index is 6.03. The predicted molar refractivity (Wildman–Crippen MR) is 157 cm³/mol. The van der Waals surface area contributed by atoms with Crippen LogP contribution in [0.1, 0.15) is 36.1 Å². The third kappa shape index (κ3) is 7.53. The number of rotatable bonds is 8. The molecule has 0 atom stereocenters. The molecule has 37 heavy (non-hydrogen) atoms. The van der Waals surface area contributed by atoms with Crippen LogP contribution < -0.4 is 4.90 Å². The lowest BCUT2D eigenvalue weighted by Crippen LogP contribution is -2.37. The van der Waals surface area contributed by atoms with Gasteiger partial charge in [-0.1, -0.05) is 28.9 Å². The molecule has 9 heteroatoms. The smallest absolute Gasteiger partial charge is 0.173 e. The second kappa shape index (κ2) is 14.0. The van der Waals surface area contributed by atoms with Crippen LogP contribution in [-0.4, -0.2) is 68.4 Å². The summed E-state index contributed by atoms with van der Waals surface area (Å²) in [6.45, 7) is 7.56. The van der Waals surface area contributed by atoms with Crippen molar-refractivity contribution in [1.82, 2.24) is 15.0 Å². The summed E-state index contributed by atoms with van der Waals surface area (Å²) in [4.78, 5) is 7.19. The number of nitrogens with zero attached hydrogens (tertiary/aromatic N) is 4. The Kier molecular flexibility index (Phi) is 11.4. The largest absolute Gasteiger partial charge is 0.378 e. The zero-order chi connectivity index (χ0) is 24.2. The van der Waals surface area contributed by atoms with Crippen molar-refractivity contribution in [3.8, 4) is 0 Å². The van der Waals surface area contributed by atoms with Crippen LogP contribution in [0.15, 0.2) is 40.9 Å². The van der Waals surface area contributed by atoms with Crippen LogP contribution in [-0.2, 0) is 24.2 Å². The van der Waals surface area contributed by atoms with Crippen molar-refractivity contribution in [3.05, 3.63) is 58.2 Å². The van der Waals surface area contributed by atoms with Crippen LogP contribution in [0.5, 0.6) is 0 Å². The molecule has 2 aliphatic rings. The summed E-state index contributed by atoms with van der Waals surface area (Å²) >= 11 is 6.03. The maximum Gasteiger partial charge on any atom is 0.173 e. The molecule has 0 radical (unpaired) electrons. The molecule has 6 nitrogen and oxygen atoms in total. The summed E-state index contributed by atoms with van der Waals surface area (Å²) in [6.07, 6.45) is 4.64. The van der Waals surface area contributed by atoms with Gasteiger partial charge in [-0.2, -0.15) is 0 Å². The average molecular weight is 570 g/mol. The zero-order valence-electron chi connectivity index (χ0n) is 21.8. The monoisotopic (exact) mass is 568 g/mol. The van der Waals surface area contributed by atoms with Gasteiger partial charge in [0.25, 0.3) is 0 Å². The Morgan fingerprint density at radius 2 is 1.68 bits per heavy atom. The average Bonchev–Trinajstić information content (AvgIpc) is 3.29. The third-order valence-electron chi connectivity index (χ3n) is 7.44. The van der Waals surface area contributed by atoms with Crippen molar-refractivity contribution >= 4 is 53.1 Å². The van der Waals surface area contributed by atoms with E-state index in [9.17, 15) is 0 Å². The minimum atomic E-state index is 0. The van der Waals surface area contributed by atoms with Crippen LogP contribution in [0.3, 0.4) is 0 Å². The Morgan fingerprint density at radius 3 is 2.35 bits per heavy atom. The molecular weight excluding hydrogens is 531 g/mol. The van der Waals surface area contributed by atoms with Gasteiger partial charge < -0.3 is 19.1 Å². The second-order valence-corrected chi connectivity index (χ2v) is 10.7. The van der Waals surface area contributed by atoms with Gasteiger partial charge in [0.15, 0.2) is 5.58 Å². The fourth-order valence-corrected chi connectivity index (χ4v) is 5.60. The molecule has 0 bridgehead atoms. The Bertz CT molecular complexity index is 1110. The summed E-state index contributed by atoms with van der Waals surface area (Å²) in [5.41, 5.74) is 5.90. The topological polar surface area (TPSA) is 45.0 Å². The van der Waals surface area contributed by atoms with E-state index in [0.29, 0.717) is 0 Å². The highest BCUT2D eigenvalue weighted by Crippen LogP contribution is 2.33. The molecule has 0 N–H and O–H groups in total. The molecule has 0 unspecified atom stereocenters. The summed E-state index contributed by atoms with van der Waals surface area (Å²) in [7, 11) is 4.22. The predicted octanol–water partition coefficient (Wildman–Crippen LogP) is 6.07. The second-order valence-electron chi connectivity index (χ2n) is 10.3. The number of benzene rings is 2. The molecule has 0 amide bonds. The lowest BCUT2D eigenvalue weighted by molar-refractivity contribution is 0.122. The number of aromatic nitrogens is 1. The first kappa shape index (κ1) is 30.0. The summed E-state index contributed by atoms with van der Waals surface area (Å²) in [5.74, 6) is 0.747. The first-order valence-corrected chi connectivity index (χ1v) is 13.3. The number of morpholine rings is 1. The third-order valence-corrected chi connectivity index (χ3v) is 7.69. The highest BCUT2D eigenvalue weighted by molar-refractivity contribution is 6.30. The molecule has 2 fully saturated rings. The van der Waals surface area contributed by atoms with Crippen molar-refractivity contribution in [2.24, 2.45) is 5.92 Å². The highest BCUT2D eigenvalue weighted by Gasteiger charge is 2.23. The van der Waals surface area contributed by atoms with Crippen LogP contribution in [0.4, 0.5) is 5.69 Å². The van der Waals surface area contributed by atoms with Gasteiger partial charge in [0.1, 0.15) is 0 Å². The van der Waals surface area contributed by atoms with Gasteiger partial charge in [0, 0.05) is 47.8 Å². The number of hydrogen-bond acceptors (Lipinski definition) is 6. The van der Waals surface area contributed by atoms with Crippen molar-refractivity contribution in [2.75, 3.05) is 58.4 Å². The first-order chi connectivity index (χ1) is 17.1. The van der Waals surface area contributed by atoms with Gasteiger partial charge in [-0.3, -0.25) is 4.90 Å². The quantitative estimate of drug-likeness (QED) is 0.328. The van der Waals surface area contributed by atoms with Gasteiger partial charge in [0.05, 0.1) is 18.9 Å². The molecule has 0 spiro atoms. The van der Waals surface area contributed by atoms with Crippen LogP contribution in [0.25, 0.3) is 11.0 Å². The van der Waals surface area contributed by atoms with Crippen molar-refractivity contribution in [2.45, 2.75) is 38.8 Å². The minimum absolute atomic E-state index is 0. The van der Waals surface area contributed by atoms with E-state index in [-0.39, 0.29) is 24.8 Å². The van der Waals surface area contributed by atoms with Crippen molar-refractivity contribution in [1.29, 1.82) is 0 Å². The fraction of sp³-hybridized carbons (Fsp3) is 0.536. The molecule has 1 aromatic heterocycles. The minimum Gasteiger partial charge on any atom is -0.378 e. The summed E-state index contributed by atoms with van der Waals surface area (Å²) in [6, 6.07) is 12.7. The van der Waals surface area contributed by atoms with E-state index in [2.05, 4.69) is 58.2 Å². The Labute approximate surface area is 238 Å². The number of piperidine rings is 1. The van der Waals surface area contributed by atoms with Gasteiger partial charge in [-0.15, -0.1) is 24.8 Å². The van der Waals surface area contributed by atoms with Crippen molar-refractivity contribution in [3.63, 3.8) is 0 Å². The van der Waals surface area contributed by atoms with E-state index in [1.165, 1.54) is 41.5 Å². The number of hydrogen-bond donors (Lipinski definition) is 0. The normalized spacial score (nSPS) is 17.1. The van der Waals surface area contributed by atoms with Crippen LogP contribution in [0.2, 0.25) is 5.02 Å². The molecule has 2 saturated heterocycles. The number of fused-ring (bicyclic) bond motifs is 1. The SMILES string of the molecule is CN(C)Cc1c(N2CCOCC2)ccc2c(CCC3CCN(Cc4ccc(Cl)cc4)CC3)noc12.Cl.Cl. The van der Waals surface area contributed by atoms with Gasteiger partial charge in [-0.05, 0) is 88.6 Å². The number of ether oxygens (including phenoxy) is 1. The molecule has 2 aliphatic heterocycles. The van der Waals surface area contributed by atoms with E-state index in [1.54, 1.807) is 0 Å². The molecule has 5 rings (SSSR count). The number of anilines is 1.